The number of carbonyl (C=O) groups excluding carboxylic acids is 4. The zero-order chi connectivity index (χ0) is 24.7. The molecule has 5 heteroatoms. The van der Waals surface area contributed by atoms with Gasteiger partial charge in [-0.05, 0) is 60.3 Å². The van der Waals surface area contributed by atoms with Crippen LogP contribution in [-0.2, 0) is 19.2 Å². The van der Waals surface area contributed by atoms with Crippen LogP contribution in [0, 0.1) is 51.8 Å². The van der Waals surface area contributed by atoms with E-state index in [1.807, 2.05) is 19.9 Å². The quantitative estimate of drug-likeness (QED) is 0.306. The van der Waals surface area contributed by atoms with E-state index in [4.69, 9.17) is 0 Å². The van der Waals surface area contributed by atoms with Gasteiger partial charge in [-0.2, -0.15) is 0 Å². The van der Waals surface area contributed by atoms with E-state index in [-0.39, 0.29) is 77.1 Å². The molecular formula is C29H41NaO4. The number of fused-ring (bicyclic) bond motifs is 5. The molecule has 4 nitrogen and oxygen atoms in total. The number of Topliss-reactive ketones (excluding diaryl/α,β-unsaturated/α-hetero) is 3. The zero-order valence-electron chi connectivity index (χ0n) is 23.4. The second-order valence-electron chi connectivity index (χ2n) is 13.2. The van der Waals surface area contributed by atoms with Gasteiger partial charge in [0.2, 0.25) is 0 Å². The Bertz CT molecular complexity index is 890. The zero-order valence-corrected chi connectivity index (χ0v) is 24.4. The minimum absolute atomic E-state index is 0. The molecule has 0 saturated heterocycles. The van der Waals surface area contributed by atoms with Crippen LogP contribution in [0.1, 0.15) is 82.0 Å². The molecule has 0 spiro atoms. The number of allylic oxidation sites excluding steroid dienone is 3. The summed E-state index contributed by atoms with van der Waals surface area (Å²) in [6.07, 6.45) is 5.70. The summed E-state index contributed by atoms with van der Waals surface area (Å²) in [5, 5.41) is 0. The van der Waals surface area contributed by atoms with Crippen LogP contribution in [0.25, 0.3) is 0 Å². The van der Waals surface area contributed by atoms with Crippen molar-refractivity contribution >= 4 is 23.1 Å². The molecule has 6 bridgehead atoms. The number of rotatable bonds is 0. The van der Waals surface area contributed by atoms with Gasteiger partial charge in [0.1, 0.15) is 17.3 Å². The maximum atomic E-state index is 11.4. The van der Waals surface area contributed by atoms with Gasteiger partial charge in [-0.25, -0.2) is 0 Å². The Balaban J connectivity index is 0.000000180. The predicted molar refractivity (Wildman–Crippen MR) is 129 cm³/mol. The fraction of sp³-hybridized carbons (Fsp3) is 0.724. The normalized spacial score (nSPS) is 38.8. The van der Waals surface area contributed by atoms with E-state index in [1.54, 1.807) is 0 Å². The van der Waals surface area contributed by atoms with E-state index in [0.29, 0.717) is 41.7 Å². The number of carbonyl (C=O) groups is 4. The van der Waals surface area contributed by atoms with Gasteiger partial charge in [0, 0.05) is 30.1 Å². The van der Waals surface area contributed by atoms with Gasteiger partial charge < -0.3 is 1.43 Å². The summed E-state index contributed by atoms with van der Waals surface area (Å²) in [4.78, 5) is 45.3. The summed E-state index contributed by atoms with van der Waals surface area (Å²) >= 11 is 0. The van der Waals surface area contributed by atoms with Gasteiger partial charge in [0.05, 0.1) is 6.42 Å². The second-order valence-corrected chi connectivity index (χ2v) is 13.2. The number of hydrogen-bond acceptors (Lipinski definition) is 4. The van der Waals surface area contributed by atoms with Crippen LogP contribution < -0.4 is 29.6 Å². The fourth-order valence-corrected chi connectivity index (χ4v) is 7.68. The van der Waals surface area contributed by atoms with Crippen molar-refractivity contribution < 1.29 is 50.2 Å². The molecule has 9 aliphatic carbocycles. The maximum absolute atomic E-state index is 11.4. The van der Waals surface area contributed by atoms with Gasteiger partial charge in [0.15, 0.2) is 5.78 Å². The summed E-state index contributed by atoms with van der Waals surface area (Å²) in [6.45, 7) is 18.9. The van der Waals surface area contributed by atoms with E-state index in [9.17, 15) is 19.2 Å². The van der Waals surface area contributed by atoms with Gasteiger partial charge in [-0.1, -0.05) is 59.3 Å². The van der Waals surface area contributed by atoms with Crippen molar-refractivity contribution in [2.75, 3.05) is 0 Å². The van der Waals surface area contributed by atoms with Crippen LogP contribution in [0.15, 0.2) is 23.8 Å². The Morgan fingerprint density at radius 2 is 1.06 bits per heavy atom. The molecule has 7 saturated carbocycles. The molecule has 9 aliphatic rings. The van der Waals surface area contributed by atoms with Crippen LogP contribution in [0.5, 0.6) is 0 Å². The molecule has 0 aromatic carbocycles. The third-order valence-electron chi connectivity index (χ3n) is 10.5. The molecule has 0 N–H and O–H groups in total. The van der Waals surface area contributed by atoms with Crippen LogP contribution in [0.2, 0.25) is 0 Å². The summed E-state index contributed by atoms with van der Waals surface area (Å²) in [5.41, 5.74) is 2.93. The average molecular weight is 477 g/mol. The van der Waals surface area contributed by atoms with Gasteiger partial charge in [-0.15, -0.1) is 0 Å². The fourth-order valence-electron chi connectivity index (χ4n) is 7.68. The van der Waals surface area contributed by atoms with Gasteiger partial charge in [0.25, 0.3) is 0 Å². The van der Waals surface area contributed by atoms with Crippen LogP contribution in [-0.4, -0.2) is 23.1 Å². The minimum atomic E-state index is -0.0214. The van der Waals surface area contributed by atoms with Gasteiger partial charge in [-0.3, -0.25) is 19.2 Å². The molecule has 6 atom stereocenters. The third kappa shape index (κ3) is 4.10. The van der Waals surface area contributed by atoms with Crippen molar-refractivity contribution in [3.63, 3.8) is 0 Å². The van der Waals surface area contributed by atoms with Crippen LogP contribution in [0.4, 0.5) is 0 Å². The van der Waals surface area contributed by atoms with E-state index >= 15 is 0 Å². The molecule has 0 heterocycles. The van der Waals surface area contributed by atoms with Crippen molar-refractivity contribution in [1.82, 2.24) is 0 Å². The molecule has 9 rings (SSSR count). The summed E-state index contributed by atoms with van der Waals surface area (Å²) in [5.74, 6) is 3.47. The Hall–Kier alpha value is -0.840. The molecule has 182 valence electrons. The van der Waals surface area contributed by atoms with Crippen molar-refractivity contribution in [3.8, 4) is 0 Å². The Kier molecular flexibility index (Phi) is 7.28. The minimum Gasteiger partial charge on any atom is -1.00 e. The first-order chi connectivity index (χ1) is 15.1. The van der Waals surface area contributed by atoms with Crippen LogP contribution >= 0.6 is 0 Å². The molecule has 0 aromatic rings. The van der Waals surface area contributed by atoms with Crippen LogP contribution in [0.3, 0.4) is 0 Å². The SMILES string of the molecule is C=C1CC(=O)C2CC1C2(C)C.CC1(C)C2CC1C(=O)CC2=O.CC1=CC(=O)C2CC1C2(C)C.[H-].[Na+]. The average Bonchev–Trinajstić information content (AvgIpc) is 2.65. The topological polar surface area (TPSA) is 68.3 Å². The Morgan fingerprint density at radius 3 is 1.35 bits per heavy atom. The largest absolute Gasteiger partial charge is 1.00 e. The number of ketones is 4. The monoisotopic (exact) mass is 476 g/mol. The van der Waals surface area contributed by atoms with E-state index < -0.39 is 0 Å². The summed E-state index contributed by atoms with van der Waals surface area (Å²) in [7, 11) is 0. The third-order valence-corrected chi connectivity index (χ3v) is 10.5. The molecule has 6 unspecified atom stereocenters. The number of hydrogen-bond donors (Lipinski definition) is 0. The first-order valence-corrected chi connectivity index (χ1v) is 12.6. The second kappa shape index (κ2) is 8.92. The Morgan fingerprint density at radius 1 is 0.676 bits per heavy atom. The first-order valence-electron chi connectivity index (χ1n) is 12.6. The predicted octanol–water partition coefficient (Wildman–Crippen LogP) is 2.66. The van der Waals surface area contributed by atoms with Crippen molar-refractivity contribution in [2.24, 2.45) is 51.8 Å². The smallest absolute Gasteiger partial charge is 1.00 e. The molecule has 0 radical (unpaired) electrons. The van der Waals surface area contributed by atoms with Gasteiger partial charge >= 0.3 is 29.6 Å². The maximum Gasteiger partial charge on any atom is 1.00 e. The molecule has 0 aliphatic heterocycles. The molecule has 0 amide bonds. The first kappa shape index (κ1) is 27.7. The van der Waals surface area contributed by atoms with E-state index in [2.05, 4.69) is 41.2 Å². The van der Waals surface area contributed by atoms with Crippen molar-refractivity contribution in [3.05, 3.63) is 23.8 Å². The summed E-state index contributed by atoms with van der Waals surface area (Å²) in [6, 6.07) is 0. The Labute approximate surface area is 228 Å². The standard InChI is InChI=1S/2C10H14O.C9H12O2.Na.H/c2*1-6-4-9(11)8-5-7(6)10(8,2)3;1-9(2)5-3-6(9)8(11)4-7(5)10;;/h4,7-8H,5H2,1-3H3;7-8H,1,4-5H2,2-3H3;5-6H,3-4H2,1-2H3;;/q;;;+1;-1. The molecular weight excluding hydrogens is 435 g/mol. The van der Waals surface area contributed by atoms with Crippen molar-refractivity contribution in [1.29, 1.82) is 0 Å². The van der Waals surface area contributed by atoms with E-state index in [1.165, 1.54) is 11.1 Å². The molecule has 0 aromatic heterocycles. The van der Waals surface area contributed by atoms with E-state index in [0.717, 1.165) is 19.3 Å². The molecule has 7 fully saturated rings. The van der Waals surface area contributed by atoms with Crippen molar-refractivity contribution in [2.45, 2.75) is 80.6 Å². The summed E-state index contributed by atoms with van der Waals surface area (Å²) < 4.78 is 0. The molecule has 34 heavy (non-hydrogen) atoms.